The molecule has 0 bridgehead atoms. The molecule has 2 aromatic heterocycles. The van der Waals surface area contributed by atoms with Crippen molar-refractivity contribution >= 4 is 0 Å². The molecule has 0 spiro atoms. The van der Waals surface area contributed by atoms with Crippen LogP contribution >= 0.6 is 0 Å². The van der Waals surface area contributed by atoms with Gasteiger partial charge in [0.25, 0.3) is 0 Å². The molecule has 3 rings (SSSR count). The van der Waals surface area contributed by atoms with Crippen LogP contribution in [0, 0.1) is 0 Å². The molecule has 23 heavy (non-hydrogen) atoms. The molecule has 2 N–H and O–H groups in total. The Bertz CT molecular complexity index is 740. The first-order valence-corrected chi connectivity index (χ1v) is 7.66. The summed E-state index contributed by atoms with van der Waals surface area (Å²) < 4.78 is 1.89. The average Bonchev–Trinajstić information content (AvgIpc) is 3.05. The smallest absolute Gasteiger partial charge is 0.0973 e. The van der Waals surface area contributed by atoms with Gasteiger partial charge in [0.2, 0.25) is 0 Å². The molecule has 0 fully saturated rings. The Morgan fingerprint density at radius 3 is 2.57 bits per heavy atom. The number of benzene rings is 1. The molecule has 0 aliphatic heterocycles. The van der Waals surface area contributed by atoms with E-state index in [1.807, 2.05) is 60.3 Å². The Morgan fingerprint density at radius 1 is 1.13 bits per heavy atom. The van der Waals surface area contributed by atoms with Gasteiger partial charge in [0.05, 0.1) is 18.0 Å². The predicted octanol–water partition coefficient (Wildman–Crippen LogP) is 2.40. The van der Waals surface area contributed by atoms with E-state index in [4.69, 9.17) is 5.10 Å². The van der Waals surface area contributed by atoms with Crippen molar-refractivity contribution in [2.75, 3.05) is 6.61 Å². The van der Waals surface area contributed by atoms with Crippen LogP contribution in [-0.2, 0) is 6.54 Å². The normalized spacial score (nSPS) is 12.3. The highest BCUT2D eigenvalue weighted by atomic mass is 16.3. The Balaban J connectivity index is 1.97. The monoisotopic (exact) mass is 308 g/mol. The van der Waals surface area contributed by atoms with Crippen LogP contribution in [0.15, 0.2) is 61.1 Å². The minimum Gasteiger partial charge on any atom is -0.395 e. The maximum absolute atomic E-state index is 9.19. The average molecular weight is 308 g/mol. The van der Waals surface area contributed by atoms with Gasteiger partial charge in [0.15, 0.2) is 0 Å². The summed E-state index contributed by atoms with van der Waals surface area (Å²) in [6, 6.07) is 14.0. The van der Waals surface area contributed by atoms with Gasteiger partial charge in [0, 0.05) is 42.3 Å². The zero-order chi connectivity index (χ0) is 16.1. The summed E-state index contributed by atoms with van der Waals surface area (Å²) in [5, 5.41) is 17.2. The molecule has 0 radical (unpaired) electrons. The lowest BCUT2D eigenvalue weighted by Crippen LogP contribution is -2.28. The molecule has 1 unspecified atom stereocenters. The summed E-state index contributed by atoms with van der Waals surface area (Å²) in [5.74, 6) is 0. The number of nitrogens with one attached hydrogen (secondary N) is 1. The van der Waals surface area contributed by atoms with Crippen molar-refractivity contribution in [2.45, 2.75) is 19.5 Å². The van der Waals surface area contributed by atoms with Gasteiger partial charge in [-0.15, -0.1) is 0 Å². The van der Waals surface area contributed by atoms with E-state index in [0.29, 0.717) is 6.54 Å². The van der Waals surface area contributed by atoms with Crippen molar-refractivity contribution < 1.29 is 5.11 Å². The third-order valence-corrected chi connectivity index (χ3v) is 3.68. The van der Waals surface area contributed by atoms with Crippen LogP contribution in [0.3, 0.4) is 0 Å². The molecule has 118 valence electrons. The SMILES string of the molecule is CC(CO)NCc1cn(-c2ccccc2)nc1-c1ccncc1. The van der Waals surface area contributed by atoms with Crippen molar-refractivity contribution in [3.8, 4) is 16.9 Å². The fraction of sp³-hybridized carbons (Fsp3) is 0.222. The molecule has 5 nitrogen and oxygen atoms in total. The van der Waals surface area contributed by atoms with Crippen LogP contribution in [0.4, 0.5) is 0 Å². The molecule has 1 atom stereocenters. The van der Waals surface area contributed by atoms with E-state index in [-0.39, 0.29) is 12.6 Å². The maximum atomic E-state index is 9.19. The second-order valence-corrected chi connectivity index (χ2v) is 5.48. The van der Waals surface area contributed by atoms with Crippen molar-refractivity contribution in [1.82, 2.24) is 20.1 Å². The van der Waals surface area contributed by atoms with E-state index in [1.165, 1.54) is 0 Å². The molecule has 0 aliphatic rings. The summed E-state index contributed by atoms with van der Waals surface area (Å²) in [5.41, 5.74) is 4.06. The maximum Gasteiger partial charge on any atom is 0.0973 e. The Hall–Kier alpha value is -2.50. The van der Waals surface area contributed by atoms with Crippen molar-refractivity contribution in [3.63, 3.8) is 0 Å². The van der Waals surface area contributed by atoms with Crippen LogP contribution in [0.25, 0.3) is 16.9 Å². The topological polar surface area (TPSA) is 63.0 Å². The van der Waals surface area contributed by atoms with Gasteiger partial charge >= 0.3 is 0 Å². The Kier molecular flexibility index (Phi) is 4.80. The number of aliphatic hydroxyl groups excluding tert-OH is 1. The van der Waals surface area contributed by atoms with E-state index >= 15 is 0 Å². The van der Waals surface area contributed by atoms with E-state index in [2.05, 4.69) is 10.3 Å². The number of para-hydroxylation sites is 1. The number of nitrogens with zero attached hydrogens (tertiary/aromatic N) is 3. The third kappa shape index (κ3) is 3.64. The minimum absolute atomic E-state index is 0.0420. The first-order valence-electron chi connectivity index (χ1n) is 7.66. The first-order chi connectivity index (χ1) is 11.3. The lowest BCUT2D eigenvalue weighted by Gasteiger charge is -2.10. The van der Waals surface area contributed by atoms with Crippen LogP contribution in [-0.4, -0.2) is 32.5 Å². The van der Waals surface area contributed by atoms with Gasteiger partial charge in [-0.3, -0.25) is 4.98 Å². The van der Waals surface area contributed by atoms with Crippen LogP contribution in [0.1, 0.15) is 12.5 Å². The van der Waals surface area contributed by atoms with Crippen LogP contribution in [0.5, 0.6) is 0 Å². The van der Waals surface area contributed by atoms with E-state index in [1.54, 1.807) is 12.4 Å². The highest BCUT2D eigenvalue weighted by Crippen LogP contribution is 2.23. The van der Waals surface area contributed by atoms with Crippen molar-refractivity contribution in [2.24, 2.45) is 0 Å². The van der Waals surface area contributed by atoms with Gasteiger partial charge in [-0.2, -0.15) is 5.10 Å². The molecule has 0 saturated carbocycles. The molecule has 5 heteroatoms. The summed E-state index contributed by atoms with van der Waals surface area (Å²) >= 11 is 0. The molecule has 0 amide bonds. The Labute approximate surface area is 135 Å². The van der Waals surface area contributed by atoms with Crippen molar-refractivity contribution in [1.29, 1.82) is 0 Å². The lowest BCUT2D eigenvalue weighted by atomic mass is 10.1. The van der Waals surface area contributed by atoms with Gasteiger partial charge in [0.1, 0.15) is 0 Å². The summed E-state index contributed by atoms with van der Waals surface area (Å²) in [7, 11) is 0. The van der Waals surface area contributed by atoms with Crippen LogP contribution in [0.2, 0.25) is 0 Å². The second kappa shape index (κ2) is 7.17. The van der Waals surface area contributed by atoms with E-state index in [0.717, 1.165) is 22.5 Å². The molecular weight excluding hydrogens is 288 g/mol. The lowest BCUT2D eigenvalue weighted by molar-refractivity contribution is 0.251. The standard InChI is InChI=1S/C18H20N4O/c1-14(13-23)20-11-16-12-22(17-5-3-2-4-6-17)21-18(16)15-7-9-19-10-8-15/h2-10,12,14,20,23H,11,13H2,1H3. The Morgan fingerprint density at radius 2 is 1.87 bits per heavy atom. The number of aliphatic hydroxyl groups is 1. The summed E-state index contributed by atoms with van der Waals surface area (Å²) in [6.45, 7) is 2.71. The molecule has 0 aliphatic carbocycles. The molecule has 2 heterocycles. The minimum atomic E-state index is 0.0420. The fourth-order valence-electron chi connectivity index (χ4n) is 2.35. The van der Waals surface area contributed by atoms with Crippen molar-refractivity contribution in [3.05, 3.63) is 66.6 Å². The number of hydrogen-bond donors (Lipinski definition) is 2. The van der Waals surface area contributed by atoms with E-state index < -0.39 is 0 Å². The first kappa shape index (κ1) is 15.4. The van der Waals surface area contributed by atoms with Crippen LogP contribution < -0.4 is 5.32 Å². The zero-order valence-electron chi connectivity index (χ0n) is 13.1. The highest BCUT2D eigenvalue weighted by molar-refractivity contribution is 5.62. The summed E-state index contributed by atoms with van der Waals surface area (Å²) in [6.07, 6.45) is 5.57. The van der Waals surface area contributed by atoms with Gasteiger partial charge < -0.3 is 10.4 Å². The summed E-state index contributed by atoms with van der Waals surface area (Å²) in [4.78, 5) is 4.07. The largest absolute Gasteiger partial charge is 0.395 e. The molecule has 1 aromatic carbocycles. The number of hydrogen-bond acceptors (Lipinski definition) is 4. The number of aromatic nitrogens is 3. The fourth-order valence-corrected chi connectivity index (χ4v) is 2.35. The second-order valence-electron chi connectivity index (χ2n) is 5.48. The molecule has 0 saturated heterocycles. The third-order valence-electron chi connectivity index (χ3n) is 3.68. The predicted molar refractivity (Wildman–Crippen MR) is 90.2 cm³/mol. The van der Waals surface area contributed by atoms with E-state index in [9.17, 15) is 5.11 Å². The van der Waals surface area contributed by atoms with Gasteiger partial charge in [-0.1, -0.05) is 18.2 Å². The highest BCUT2D eigenvalue weighted by Gasteiger charge is 2.13. The number of rotatable bonds is 6. The zero-order valence-corrected chi connectivity index (χ0v) is 13.1. The molecule has 3 aromatic rings. The molecular formula is C18H20N4O. The van der Waals surface area contributed by atoms with Gasteiger partial charge in [-0.25, -0.2) is 4.68 Å². The quantitative estimate of drug-likeness (QED) is 0.734. The van der Waals surface area contributed by atoms with Gasteiger partial charge in [-0.05, 0) is 31.2 Å². The number of pyridine rings is 1.